The standard InChI is InChI=1S/C15H23N5S/c1-5-16-6-13-14(7-17-15(19-13)11(2)3)20(4)8-12-9-21-10-18-12/h7,9-11,16H,5-6,8H2,1-4H3. The van der Waals surface area contributed by atoms with Crippen molar-refractivity contribution in [2.75, 3.05) is 18.5 Å². The molecule has 0 atom stereocenters. The molecule has 21 heavy (non-hydrogen) atoms. The minimum absolute atomic E-state index is 0.336. The second-order valence-corrected chi connectivity index (χ2v) is 6.05. The van der Waals surface area contributed by atoms with Gasteiger partial charge in [0.15, 0.2) is 0 Å². The fourth-order valence-electron chi connectivity index (χ4n) is 2.04. The van der Waals surface area contributed by atoms with Gasteiger partial charge in [0.1, 0.15) is 5.82 Å². The molecule has 0 fully saturated rings. The maximum atomic E-state index is 4.73. The van der Waals surface area contributed by atoms with Crippen LogP contribution in [0.2, 0.25) is 0 Å². The molecule has 2 aromatic rings. The maximum absolute atomic E-state index is 4.73. The van der Waals surface area contributed by atoms with Gasteiger partial charge in [-0.3, -0.25) is 0 Å². The summed E-state index contributed by atoms with van der Waals surface area (Å²) in [6.45, 7) is 8.79. The largest absolute Gasteiger partial charge is 0.366 e. The summed E-state index contributed by atoms with van der Waals surface area (Å²) in [5.41, 5.74) is 5.05. The molecule has 0 bridgehead atoms. The average Bonchev–Trinajstić information content (AvgIpc) is 2.97. The number of rotatable bonds is 7. The Kier molecular flexibility index (Phi) is 5.64. The van der Waals surface area contributed by atoms with Crippen LogP contribution in [0.25, 0.3) is 0 Å². The first-order valence-electron chi connectivity index (χ1n) is 7.26. The molecule has 1 N–H and O–H groups in total. The first-order chi connectivity index (χ1) is 10.1. The molecule has 0 aliphatic carbocycles. The highest BCUT2D eigenvalue weighted by atomic mass is 32.1. The molecular weight excluding hydrogens is 282 g/mol. The Morgan fingerprint density at radius 2 is 2.14 bits per heavy atom. The van der Waals surface area contributed by atoms with E-state index in [1.807, 2.05) is 11.7 Å². The molecule has 0 radical (unpaired) electrons. The van der Waals surface area contributed by atoms with Gasteiger partial charge < -0.3 is 10.2 Å². The topological polar surface area (TPSA) is 53.9 Å². The predicted octanol–water partition coefficient (Wildman–Crippen LogP) is 2.80. The molecule has 0 aromatic carbocycles. The van der Waals surface area contributed by atoms with E-state index in [1.165, 1.54) is 0 Å². The minimum Gasteiger partial charge on any atom is -0.366 e. The number of anilines is 1. The number of nitrogens with one attached hydrogen (secondary N) is 1. The summed E-state index contributed by atoms with van der Waals surface area (Å²) in [6, 6.07) is 0. The van der Waals surface area contributed by atoms with Gasteiger partial charge in [-0.2, -0.15) is 0 Å². The molecule has 0 aliphatic heterocycles. The smallest absolute Gasteiger partial charge is 0.131 e. The van der Waals surface area contributed by atoms with E-state index in [9.17, 15) is 0 Å². The highest BCUT2D eigenvalue weighted by molar-refractivity contribution is 7.07. The number of aromatic nitrogens is 3. The third-order valence-electron chi connectivity index (χ3n) is 3.22. The number of hydrogen-bond acceptors (Lipinski definition) is 6. The Hall–Kier alpha value is -1.53. The van der Waals surface area contributed by atoms with Crippen molar-refractivity contribution < 1.29 is 0 Å². The van der Waals surface area contributed by atoms with E-state index in [-0.39, 0.29) is 0 Å². The summed E-state index contributed by atoms with van der Waals surface area (Å²) in [5.74, 6) is 1.23. The van der Waals surface area contributed by atoms with E-state index in [2.05, 4.69) is 53.4 Å². The third-order valence-corrected chi connectivity index (χ3v) is 3.85. The molecule has 2 aromatic heterocycles. The Labute approximate surface area is 130 Å². The first kappa shape index (κ1) is 15.9. The van der Waals surface area contributed by atoms with Crippen LogP contribution in [-0.2, 0) is 13.1 Å². The van der Waals surface area contributed by atoms with Crippen molar-refractivity contribution in [3.8, 4) is 0 Å². The quantitative estimate of drug-likeness (QED) is 0.852. The summed E-state index contributed by atoms with van der Waals surface area (Å²) in [6.07, 6.45) is 1.93. The zero-order chi connectivity index (χ0) is 15.2. The number of hydrogen-bond donors (Lipinski definition) is 1. The summed E-state index contributed by atoms with van der Waals surface area (Å²) in [7, 11) is 2.06. The van der Waals surface area contributed by atoms with Gasteiger partial charge in [-0.25, -0.2) is 15.0 Å². The first-order valence-corrected chi connectivity index (χ1v) is 8.20. The highest BCUT2D eigenvalue weighted by Gasteiger charge is 2.13. The van der Waals surface area contributed by atoms with Crippen LogP contribution in [0.1, 0.15) is 43.9 Å². The molecular formula is C15H23N5S. The second kappa shape index (κ2) is 7.47. The van der Waals surface area contributed by atoms with Gasteiger partial charge in [-0.05, 0) is 6.54 Å². The van der Waals surface area contributed by atoms with Crippen LogP contribution in [0.3, 0.4) is 0 Å². The molecule has 5 nitrogen and oxygen atoms in total. The molecule has 0 spiro atoms. The number of nitrogens with zero attached hydrogens (tertiary/aromatic N) is 4. The van der Waals surface area contributed by atoms with Crippen molar-refractivity contribution >= 4 is 17.0 Å². The minimum atomic E-state index is 0.336. The fraction of sp³-hybridized carbons (Fsp3) is 0.533. The van der Waals surface area contributed by atoms with E-state index in [0.29, 0.717) is 5.92 Å². The van der Waals surface area contributed by atoms with Crippen LogP contribution in [-0.4, -0.2) is 28.5 Å². The lowest BCUT2D eigenvalue weighted by molar-refractivity contribution is 0.682. The summed E-state index contributed by atoms with van der Waals surface area (Å²) < 4.78 is 0. The molecule has 0 aliphatic rings. The van der Waals surface area contributed by atoms with Gasteiger partial charge in [-0.15, -0.1) is 11.3 Å². The van der Waals surface area contributed by atoms with Gasteiger partial charge in [0, 0.05) is 24.9 Å². The molecule has 0 unspecified atom stereocenters. The van der Waals surface area contributed by atoms with Gasteiger partial charge in [0.2, 0.25) is 0 Å². The van der Waals surface area contributed by atoms with E-state index >= 15 is 0 Å². The van der Waals surface area contributed by atoms with E-state index < -0.39 is 0 Å². The predicted molar refractivity (Wildman–Crippen MR) is 87.7 cm³/mol. The van der Waals surface area contributed by atoms with E-state index in [4.69, 9.17) is 4.98 Å². The Morgan fingerprint density at radius 3 is 2.76 bits per heavy atom. The van der Waals surface area contributed by atoms with Crippen LogP contribution in [0.5, 0.6) is 0 Å². The third kappa shape index (κ3) is 4.22. The monoisotopic (exact) mass is 305 g/mol. The summed E-state index contributed by atoms with van der Waals surface area (Å²) in [5, 5.41) is 5.43. The van der Waals surface area contributed by atoms with Gasteiger partial charge in [0.25, 0.3) is 0 Å². The lowest BCUT2D eigenvalue weighted by atomic mass is 10.2. The highest BCUT2D eigenvalue weighted by Crippen LogP contribution is 2.21. The lowest BCUT2D eigenvalue weighted by Crippen LogP contribution is -2.23. The maximum Gasteiger partial charge on any atom is 0.131 e. The van der Waals surface area contributed by atoms with Crippen molar-refractivity contribution in [1.82, 2.24) is 20.3 Å². The summed E-state index contributed by atoms with van der Waals surface area (Å²) >= 11 is 1.62. The van der Waals surface area contributed by atoms with E-state index in [1.54, 1.807) is 11.3 Å². The van der Waals surface area contributed by atoms with Crippen LogP contribution >= 0.6 is 11.3 Å². The molecule has 2 rings (SSSR count). The lowest BCUT2D eigenvalue weighted by Gasteiger charge is -2.21. The van der Waals surface area contributed by atoms with Crippen molar-refractivity contribution in [2.24, 2.45) is 0 Å². The average molecular weight is 305 g/mol. The fourth-order valence-corrected chi connectivity index (χ4v) is 2.59. The van der Waals surface area contributed by atoms with Gasteiger partial charge >= 0.3 is 0 Å². The van der Waals surface area contributed by atoms with Crippen LogP contribution < -0.4 is 10.2 Å². The molecule has 114 valence electrons. The van der Waals surface area contributed by atoms with E-state index in [0.717, 1.165) is 42.5 Å². The normalized spacial score (nSPS) is 11.1. The molecule has 0 amide bonds. The van der Waals surface area contributed by atoms with Crippen molar-refractivity contribution in [3.05, 3.63) is 34.3 Å². The Balaban J connectivity index is 2.23. The molecule has 6 heteroatoms. The van der Waals surface area contributed by atoms with Crippen LogP contribution in [0.15, 0.2) is 17.1 Å². The zero-order valence-corrected chi connectivity index (χ0v) is 13.9. The van der Waals surface area contributed by atoms with Gasteiger partial charge in [0.05, 0.1) is 35.3 Å². The van der Waals surface area contributed by atoms with Crippen LogP contribution in [0, 0.1) is 0 Å². The number of thiazole rings is 1. The SMILES string of the molecule is CCNCc1nc(C(C)C)ncc1N(C)Cc1cscn1. The Bertz CT molecular complexity index is 553. The zero-order valence-electron chi connectivity index (χ0n) is 13.1. The Morgan fingerprint density at radius 1 is 1.33 bits per heavy atom. The van der Waals surface area contributed by atoms with Gasteiger partial charge in [-0.1, -0.05) is 20.8 Å². The van der Waals surface area contributed by atoms with Crippen LogP contribution in [0.4, 0.5) is 5.69 Å². The van der Waals surface area contributed by atoms with Crippen molar-refractivity contribution in [1.29, 1.82) is 0 Å². The second-order valence-electron chi connectivity index (χ2n) is 5.33. The summed E-state index contributed by atoms with van der Waals surface area (Å²) in [4.78, 5) is 15.7. The van der Waals surface area contributed by atoms with Crippen molar-refractivity contribution in [2.45, 2.75) is 39.8 Å². The molecule has 0 saturated carbocycles. The van der Waals surface area contributed by atoms with Crippen molar-refractivity contribution in [3.63, 3.8) is 0 Å². The molecule has 2 heterocycles. The molecule has 0 saturated heterocycles.